The summed E-state index contributed by atoms with van der Waals surface area (Å²) >= 11 is 0. The van der Waals surface area contributed by atoms with Crippen LogP contribution in [0.4, 0.5) is 0 Å². The molecule has 118 valence electrons. The van der Waals surface area contributed by atoms with Crippen molar-refractivity contribution >= 4 is 5.91 Å². The Kier molecular flexibility index (Phi) is 4.92. The second-order valence-electron chi connectivity index (χ2n) is 8.00. The lowest BCUT2D eigenvalue weighted by Crippen LogP contribution is -2.75. The number of hydrogen-bond acceptors (Lipinski definition) is 3. The molecule has 0 bridgehead atoms. The lowest BCUT2D eigenvalue weighted by Gasteiger charge is -2.52. The minimum atomic E-state index is -0.461. The molecule has 1 saturated heterocycles. The van der Waals surface area contributed by atoms with Gasteiger partial charge in [-0.1, -0.05) is 6.92 Å². The van der Waals surface area contributed by atoms with Gasteiger partial charge in [-0.3, -0.25) is 10.1 Å². The molecule has 2 N–H and O–H groups in total. The monoisotopic (exact) mass is 283 g/mol. The minimum absolute atomic E-state index is 0.0808. The molecule has 1 aliphatic heterocycles. The molecule has 0 aromatic rings. The Bertz CT molecular complexity index is 361. The third-order valence-electron chi connectivity index (χ3n) is 4.17. The van der Waals surface area contributed by atoms with Crippen LogP contribution < -0.4 is 10.6 Å². The summed E-state index contributed by atoms with van der Waals surface area (Å²) in [5, 5.41) is 7.18. The molecule has 1 heterocycles. The Hall–Kier alpha value is -0.610. The summed E-state index contributed by atoms with van der Waals surface area (Å²) in [6, 6.07) is 0.240. The van der Waals surface area contributed by atoms with Crippen LogP contribution in [0.15, 0.2) is 0 Å². The molecular weight excluding hydrogens is 250 g/mol. The van der Waals surface area contributed by atoms with Gasteiger partial charge in [0.25, 0.3) is 0 Å². The first-order chi connectivity index (χ1) is 8.92. The molecule has 1 aliphatic rings. The Morgan fingerprint density at radius 1 is 1.35 bits per heavy atom. The normalized spacial score (nSPS) is 32.0. The Morgan fingerprint density at radius 2 is 1.90 bits per heavy atom. The smallest absolute Gasteiger partial charge is 0.242 e. The predicted molar refractivity (Wildman–Crippen MR) is 84.8 cm³/mol. The van der Waals surface area contributed by atoms with Crippen molar-refractivity contribution in [1.82, 2.24) is 15.5 Å². The standard InChI is InChI=1S/C16H33N3O/c1-9-16(8)13(20)19(12(2)3)11-15(7,18-16)10-17-14(4,5)6/h12,17-18H,9-11H2,1-8H3. The summed E-state index contributed by atoms with van der Waals surface area (Å²) in [7, 11) is 0. The van der Waals surface area contributed by atoms with E-state index in [4.69, 9.17) is 0 Å². The van der Waals surface area contributed by atoms with Crippen LogP contribution in [0, 0.1) is 0 Å². The van der Waals surface area contributed by atoms with Gasteiger partial charge in [-0.2, -0.15) is 0 Å². The van der Waals surface area contributed by atoms with E-state index in [1.165, 1.54) is 0 Å². The number of nitrogens with one attached hydrogen (secondary N) is 2. The van der Waals surface area contributed by atoms with Crippen LogP contribution in [-0.2, 0) is 4.79 Å². The molecule has 0 radical (unpaired) electrons. The van der Waals surface area contributed by atoms with Crippen molar-refractivity contribution in [3.8, 4) is 0 Å². The first-order valence-corrected chi connectivity index (χ1v) is 7.78. The largest absolute Gasteiger partial charge is 0.337 e. The molecule has 1 fully saturated rings. The van der Waals surface area contributed by atoms with Gasteiger partial charge in [-0.05, 0) is 54.9 Å². The van der Waals surface area contributed by atoms with Gasteiger partial charge in [-0.25, -0.2) is 0 Å². The van der Waals surface area contributed by atoms with Gasteiger partial charge in [-0.15, -0.1) is 0 Å². The van der Waals surface area contributed by atoms with Gasteiger partial charge in [0.1, 0.15) is 0 Å². The van der Waals surface area contributed by atoms with E-state index in [2.05, 4.69) is 59.1 Å². The number of nitrogens with zero attached hydrogens (tertiary/aromatic N) is 1. The van der Waals surface area contributed by atoms with Crippen molar-refractivity contribution < 1.29 is 4.79 Å². The van der Waals surface area contributed by atoms with Gasteiger partial charge in [0.15, 0.2) is 0 Å². The Labute approximate surface area is 124 Å². The molecule has 20 heavy (non-hydrogen) atoms. The molecule has 0 aliphatic carbocycles. The number of rotatable bonds is 4. The maximum Gasteiger partial charge on any atom is 0.242 e. The van der Waals surface area contributed by atoms with Gasteiger partial charge in [0.2, 0.25) is 5.91 Å². The number of piperazine rings is 1. The average Bonchev–Trinajstić information content (AvgIpc) is 2.31. The molecule has 2 atom stereocenters. The van der Waals surface area contributed by atoms with Crippen LogP contribution in [0.3, 0.4) is 0 Å². The van der Waals surface area contributed by atoms with Crippen LogP contribution in [0.25, 0.3) is 0 Å². The summed E-state index contributed by atoms with van der Waals surface area (Å²) in [4.78, 5) is 14.7. The Balaban J connectivity index is 2.95. The number of carbonyl (C=O) groups is 1. The van der Waals surface area contributed by atoms with E-state index >= 15 is 0 Å². The van der Waals surface area contributed by atoms with Crippen molar-refractivity contribution in [3.63, 3.8) is 0 Å². The zero-order valence-electron chi connectivity index (χ0n) is 14.6. The summed E-state index contributed by atoms with van der Waals surface area (Å²) in [5.41, 5.74) is -0.482. The number of hydrogen-bond donors (Lipinski definition) is 2. The highest BCUT2D eigenvalue weighted by Crippen LogP contribution is 2.27. The summed E-state index contributed by atoms with van der Waals surface area (Å²) < 4.78 is 0. The second-order valence-corrected chi connectivity index (χ2v) is 8.00. The highest BCUT2D eigenvalue weighted by molar-refractivity contribution is 5.87. The molecular formula is C16H33N3O. The molecule has 2 unspecified atom stereocenters. The molecule has 1 amide bonds. The highest BCUT2D eigenvalue weighted by Gasteiger charge is 2.47. The topological polar surface area (TPSA) is 44.4 Å². The SMILES string of the molecule is CCC1(C)NC(C)(CNC(C)(C)C)CN(C(C)C)C1=O. The van der Waals surface area contributed by atoms with Crippen molar-refractivity contribution in [3.05, 3.63) is 0 Å². The second kappa shape index (κ2) is 5.64. The first kappa shape index (κ1) is 17.4. The van der Waals surface area contributed by atoms with Crippen LogP contribution >= 0.6 is 0 Å². The lowest BCUT2D eigenvalue weighted by molar-refractivity contribution is -0.147. The number of amides is 1. The fraction of sp³-hybridized carbons (Fsp3) is 0.938. The van der Waals surface area contributed by atoms with Gasteiger partial charge in [0, 0.05) is 30.2 Å². The van der Waals surface area contributed by atoms with E-state index in [0.717, 1.165) is 19.5 Å². The third-order valence-corrected chi connectivity index (χ3v) is 4.17. The minimum Gasteiger partial charge on any atom is -0.337 e. The Morgan fingerprint density at radius 3 is 2.30 bits per heavy atom. The quantitative estimate of drug-likeness (QED) is 0.831. The van der Waals surface area contributed by atoms with Crippen LogP contribution in [0.2, 0.25) is 0 Å². The van der Waals surface area contributed by atoms with E-state index in [-0.39, 0.29) is 23.0 Å². The molecule has 1 rings (SSSR count). The van der Waals surface area contributed by atoms with Gasteiger partial charge < -0.3 is 10.2 Å². The van der Waals surface area contributed by atoms with Crippen LogP contribution in [0.5, 0.6) is 0 Å². The summed E-state index contributed by atoms with van der Waals surface area (Å²) in [5.74, 6) is 0.225. The van der Waals surface area contributed by atoms with Crippen molar-refractivity contribution in [2.75, 3.05) is 13.1 Å². The molecule has 0 aromatic heterocycles. The van der Waals surface area contributed by atoms with E-state index in [1.807, 2.05) is 11.8 Å². The van der Waals surface area contributed by atoms with E-state index < -0.39 is 5.54 Å². The van der Waals surface area contributed by atoms with E-state index in [1.54, 1.807) is 0 Å². The van der Waals surface area contributed by atoms with Crippen molar-refractivity contribution in [1.29, 1.82) is 0 Å². The van der Waals surface area contributed by atoms with Gasteiger partial charge in [0.05, 0.1) is 5.54 Å². The molecule has 0 aromatic carbocycles. The maximum atomic E-state index is 12.7. The van der Waals surface area contributed by atoms with Crippen LogP contribution in [0.1, 0.15) is 61.8 Å². The summed E-state index contributed by atoms with van der Waals surface area (Å²) in [6.07, 6.45) is 0.806. The molecule has 0 spiro atoms. The van der Waals surface area contributed by atoms with Crippen molar-refractivity contribution in [2.24, 2.45) is 0 Å². The zero-order valence-corrected chi connectivity index (χ0v) is 14.6. The molecule has 4 heteroatoms. The van der Waals surface area contributed by atoms with Crippen LogP contribution in [-0.4, -0.2) is 46.6 Å². The average molecular weight is 283 g/mol. The summed E-state index contributed by atoms with van der Waals surface area (Å²) in [6.45, 7) is 18.6. The zero-order chi connectivity index (χ0) is 15.8. The highest BCUT2D eigenvalue weighted by atomic mass is 16.2. The van der Waals surface area contributed by atoms with E-state index in [0.29, 0.717) is 0 Å². The first-order valence-electron chi connectivity index (χ1n) is 7.78. The predicted octanol–water partition coefficient (Wildman–Crippen LogP) is 2.14. The fourth-order valence-corrected chi connectivity index (χ4v) is 2.74. The van der Waals surface area contributed by atoms with E-state index in [9.17, 15) is 4.79 Å². The van der Waals surface area contributed by atoms with Crippen molar-refractivity contribution in [2.45, 2.75) is 84.5 Å². The molecule has 4 nitrogen and oxygen atoms in total. The maximum absolute atomic E-state index is 12.7. The number of carbonyl (C=O) groups excluding carboxylic acids is 1. The van der Waals surface area contributed by atoms with Gasteiger partial charge >= 0.3 is 0 Å². The molecule has 0 saturated carbocycles. The third kappa shape index (κ3) is 3.95. The lowest BCUT2D eigenvalue weighted by atomic mass is 9.85. The fourth-order valence-electron chi connectivity index (χ4n) is 2.74.